The van der Waals surface area contributed by atoms with E-state index in [1.165, 1.54) is 20.3 Å². The van der Waals surface area contributed by atoms with E-state index in [2.05, 4.69) is 5.32 Å². The molecule has 124 valence electrons. The van der Waals surface area contributed by atoms with Crippen molar-refractivity contribution in [3.63, 3.8) is 0 Å². The third-order valence-electron chi connectivity index (χ3n) is 3.07. The molecule has 0 saturated carbocycles. The fraction of sp³-hybridized carbons (Fsp3) is 0.250. The maximum Gasteiger partial charge on any atom is 0.337 e. The molecule has 23 heavy (non-hydrogen) atoms. The molecule has 2 rings (SSSR count). The number of esters is 2. The summed E-state index contributed by atoms with van der Waals surface area (Å²) in [6, 6.07) is 8.26. The van der Waals surface area contributed by atoms with Crippen molar-refractivity contribution in [2.75, 3.05) is 21.3 Å². The minimum atomic E-state index is -0.533. The largest absolute Gasteiger partial charge is 0.465 e. The monoisotopic (exact) mass is 339 g/mol. The van der Waals surface area contributed by atoms with Crippen LogP contribution in [0.2, 0.25) is 0 Å². The molecule has 0 aliphatic heterocycles. The quantitative estimate of drug-likeness (QED) is 0.844. The number of rotatable bonds is 5. The molecule has 1 heterocycles. The van der Waals surface area contributed by atoms with Crippen LogP contribution in [0.5, 0.6) is 0 Å². The normalized spacial score (nSPS) is 9.87. The minimum Gasteiger partial charge on any atom is -0.465 e. The van der Waals surface area contributed by atoms with Crippen LogP contribution < -0.4 is 5.32 Å². The third-order valence-corrected chi connectivity index (χ3v) is 3.07. The molecule has 0 fully saturated rings. The van der Waals surface area contributed by atoms with E-state index >= 15 is 0 Å². The van der Waals surface area contributed by atoms with E-state index < -0.39 is 11.9 Å². The molecule has 0 unspecified atom stereocenters. The average Bonchev–Trinajstić information content (AvgIpc) is 3.02. The number of hydrogen-bond acceptors (Lipinski definition) is 6. The second-order valence-electron chi connectivity index (χ2n) is 4.58. The Morgan fingerprint density at radius 3 is 2.09 bits per heavy atom. The third kappa shape index (κ3) is 4.34. The van der Waals surface area contributed by atoms with Crippen molar-refractivity contribution in [2.45, 2.75) is 6.54 Å². The Morgan fingerprint density at radius 2 is 1.61 bits per heavy atom. The molecule has 0 aliphatic rings. The van der Waals surface area contributed by atoms with Gasteiger partial charge >= 0.3 is 11.9 Å². The average molecular weight is 340 g/mol. The highest BCUT2D eigenvalue weighted by Gasteiger charge is 2.16. The van der Waals surface area contributed by atoms with Crippen LogP contribution in [0.3, 0.4) is 0 Å². The summed E-state index contributed by atoms with van der Waals surface area (Å²) in [5.41, 5.74) is 1.12. The molecule has 0 amide bonds. The van der Waals surface area contributed by atoms with E-state index in [9.17, 15) is 9.59 Å². The van der Waals surface area contributed by atoms with Gasteiger partial charge in [0.1, 0.15) is 11.5 Å². The highest BCUT2D eigenvalue weighted by atomic mass is 35.5. The Morgan fingerprint density at radius 1 is 1.04 bits per heavy atom. The molecular weight excluding hydrogens is 322 g/mol. The van der Waals surface area contributed by atoms with Gasteiger partial charge in [-0.3, -0.25) is 0 Å². The van der Waals surface area contributed by atoms with Gasteiger partial charge in [0, 0.05) is 5.56 Å². The van der Waals surface area contributed by atoms with E-state index in [1.54, 1.807) is 18.2 Å². The molecule has 0 atom stereocenters. The Kier molecular flexibility index (Phi) is 6.81. The summed E-state index contributed by atoms with van der Waals surface area (Å²) in [7, 11) is 4.38. The molecule has 0 aliphatic carbocycles. The van der Waals surface area contributed by atoms with Crippen molar-refractivity contribution in [3.05, 3.63) is 47.2 Å². The first-order valence-corrected chi connectivity index (χ1v) is 6.64. The van der Waals surface area contributed by atoms with Crippen molar-refractivity contribution in [3.8, 4) is 11.3 Å². The number of ether oxygens (including phenoxy) is 2. The SMILES string of the molecule is CNCc1ccc(-c2cc(C(=O)OC)cc(C(=O)OC)c2)o1.Cl. The lowest BCUT2D eigenvalue weighted by molar-refractivity contribution is 0.0599. The van der Waals surface area contributed by atoms with Crippen molar-refractivity contribution >= 4 is 24.3 Å². The van der Waals surface area contributed by atoms with E-state index in [1.807, 2.05) is 13.1 Å². The number of methoxy groups -OCH3 is 2. The molecule has 1 N–H and O–H groups in total. The summed E-state index contributed by atoms with van der Waals surface area (Å²) < 4.78 is 15.1. The summed E-state index contributed by atoms with van der Waals surface area (Å²) in [5.74, 6) is 0.241. The van der Waals surface area contributed by atoms with Gasteiger partial charge in [0.15, 0.2) is 0 Å². The highest BCUT2D eigenvalue weighted by Crippen LogP contribution is 2.25. The molecule has 1 aromatic heterocycles. The number of furan rings is 1. The topological polar surface area (TPSA) is 77.8 Å². The van der Waals surface area contributed by atoms with Crippen molar-refractivity contribution in [2.24, 2.45) is 0 Å². The second-order valence-corrected chi connectivity index (χ2v) is 4.58. The Bertz CT molecular complexity index is 661. The summed E-state index contributed by atoms with van der Waals surface area (Å²) >= 11 is 0. The molecule has 1 aromatic carbocycles. The first-order chi connectivity index (χ1) is 10.6. The fourth-order valence-electron chi connectivity index (χ4n) is 2.04. The van der Waals surface area contributed by atoms with Crippen LogP contribution in [0.25, 0.3) is 11.3 Å². The standard InChI is InChI=1S/C16H17NO5.ClH/c1-17-9-13-4-5-14(22-13)10-6-11(15(18)20-2)8-12(7-10)16(19)21-3;/h4-8,17H,9H2,1-3H3;1H. The summed E-state index contributed by atoms with van der Waals surface area (Å²) in [6.45, 7) is 0.584. The van der Waals surface area contributed by atoms with Gasteiger partial charge in [-0.15, -0.1) is 12.4 Å². The van der Waals surface area contributed by atoms with Crippen LogP contribution >= 0.6 is 12.4 Å². The van der Waals surface area contributed by atoms with E-state index in [0.29, 0.717) is 17.9 Å². The highest BCUT2D eigenvalue weighted by molar-refractivity contribution is 5.97. The number of benzene rings is 1. The number of halogens is 1. The van der Waals surface area contributed by atoms with Gasteiger partial charge in [-0.25, -0.2) is 9.59 Å². The maximum atomic E-state index is 11.8. The van der Waals surface area contributed by atoms with Crippen LogP contribution in [0, 0.1) is 0 Å². The molecule has 6 nitrogen and oxygen atoms in total. The van der Waals surface area contributed by atoms with E-state index in [-0.39, 0.29) is 23.5 Å². The Hall–Kier alpha value is -2.31. The van der Waals surface area contributed by atoms with Crippen molar-refractivity contribution in [1.82, 2.24) is 5.32 Å². The van der Waals surface area contributed by atoms with Gasteiger partial charge in [0.25, 0.3) is 0 Å². The van der Waals surface area contributed by atoms with E-state index in [0.717, 1.165) is 5.76 Å². The second kappa shape index (κ2) is 8.36. The van der Waals surface area contributed by atoms with Crippen LogP contribution in [0.1, 0.15) is 26.5 Å². The number of carbonyl (C=O) groups excluding carboxylic acids is 2. The molecular formula is C16H18ClNO5. The van der Waals surface area contributed by atoms with Crippen LogP contribution in [-0.2, 0) is 16.0 Å². The zero-order chi connectivity index (χ0) is 16.1. The Labute approximate surface area is 140 Å². The van der Waals surface area contributed by atoms with E-state index in [4.69, 9.17) is 13.9 Å². The van der Waals surface area contributed by atoms with Gasteiger partial charge in [-0.05, 0) is 37.4 Å². The Balaban J connectivity index is 0.00000264. The minimum absolute atomic E-state index is 0. The lowest BCUT2D eigenvalue weighted by Crippen LogP contribution is -2.07. The smallest absolute Gasteiger partial charge is 0.337 e. The molecule has 0 radical (unpaired) electrons. The molecule has 0 bridgehead atoms. The van der Waals surface area contributed by atoms with Crippen LogP contribution in [0.15, 0.2) is 34.7 Å². The molecule has 2 aromatic rings. The van der Waals surface area contributed by atoms with Crippen molar-refractivity contribution < 1.29 is 23.5 Å². The molecule has 7 heteroatoms. The zero-order valence-electron chi connectivity index (χ0n) is 13.0. The zero-order valence-corrected chi connectivity index (χ0v) is 13.9. The van der Waals surface area contributed by atoms with Gasteiger partial charge in [0.2, 0.25) is 0 Å². The van der Waals surface area contributed by atoms with Crippen molar-refractivity contribution in [1.29, 1.82) is 0 Å². The lowest BCUT2D eigenvalue weighted by atomic mass is 10.0. The summed E-state index contributed by atoms with van der Waals surface area (Å²) in [5, 5.41) is 2.98. The lowest BCUT2D eigenvalue weighted by Gasteiger charge is -2.06. The fourth-order valence-corrected chi connectivity index (χ4v) is 2.04. The van der Waals surface area contributed by atoms with Crippen LogP contribution in [0.4, 0.5) is 0 Å². The number of hydrogen-bond donors (Lipinski definition) is 1. The first-order valence-electron chi connectivity index (χ1n) is 6.64. The molecule has 0 spiro atoms. The van der Waals surface area contributed by atoms with Gasteiger partial charge in [-0.1, -0.05) is 0 Å². The van der Waals surface area contributed by atoms with Gasteiger partial charge in [-0.2, -0.15) is 0 Å². The summed E-state index contributed by atoms with van der Waals surface area (Å²) in [6.07, 6.45) is 0. The van der Waals surface area contributed by atoms with Crippen LogP contribution in [-0.4, -0.2) is 33.2 Å². The predicted octanol–water partition coefficient (Wildman–Crippen LogP) is 2.66. The number of nitrogens with one attached hydrogen (secondary N) is 1. The summed E-state index contributed by atoms with van der Waals surface area (Å²) in [4.78, 5) is 23.5. The first kappa shape index (κ1) is 18.7. The van der Waals surface area contributed by atoms with Gasteiger partial charge in [0.05, 0.1) is 31.9 Å². The molecule has 0 saturated heterocycles. The number of carbonyl (C=O) groups is 2. The predicted molar refractivity (Wildman–Crippen MR) is 86.8 cm³/mol. The van der Waals surface area contributed by atoms with Gasteiger partial charge < -0.3 is 19.2 Å². The maximum absolute atomic E-state index is 11.8.